The van der Waals surface area contributed by atoms with Crippen LogP contribution in [0.4, 0.5) is 13.2 Å². The Labute approximate surface area is 125 Å². The predicted octanol–water partition coefficient (Wildman–Crippen LogP) is 2.46. The number of alkyl halides is 3. The van der Waals surface area contributed by atoms with Gasteiger partial charge in [0.25, 0.3) is 0 Å². The van der Waals surface area contributed by atoms with Crippen molar-refractivity contribution in [2.45, 2.75) is 51.2 Å². The van der Waals surface area contributed by atoms with Crippen LogP contribution in [-0.4, -0.2) is 60.8 Å². The van der Waals surface area contributed by atoms with Crippen LogP contribution in [0.1, 0.15) is 39.5 Å². The van der Waals surface area contributed by atoms with Crippen molar-refractivity contribution in [2.24, 2.45) is 11.1 Å². The van der Waals surface area contributed by atoms with Crippen LogP contribution in [0.2, 0.25) is 0 Å². The molecule has 6 heteroatoms. The van der Waals surface area contributed by atoms with E-state index in [1.54, 1.807) is 0 Å². The Bertz CT molecular complexity index is 349. The van der Waals surface area contributed by atoms with E-state index >= 15 is 0 Å². The number of rotatable bonds is 3. The van der Waals surface area contributed by atoms with Crippen molar-refractivity contribution >= 4 is 0 Å². The maximum atomic E-state index is 12.5. The van der Waals surface area contributed by atoms with Crippen LogP contribution in [0.25, 0.3) is 0 Å². The minimum atomic E-state index is -4.10. The first kappa shape index (κ1) is 17.0. The summed E-state index contributed by atoms with van der Waals surface area (Å²) in [5, 5.41) is 0. The second kappa shape index (κ2) is 6.05. The molecule has 0 amide bonds. The zero-order valence-corrected chi connectivity index (χ0v) is 13.2. The molecule has 1 unspecified atom stereocenters. The third kappa shape index (κ3) is 4.33. The van der Waals surface area contributed by atoms with Crippen molar-refractivity contribution in [3.8, 4) is 0 Å². The van der Waals surface area contributed by atoms with Crippen molar-refractivity contribution in [1.29, 1.82) is 0 Å². The van der Waals surface area contributed by atoms with Gasteiger partial charge < -0.3 is 5.73 Å². The molecule has 1 saturated heterocycles. The highest BCUT2D eigenvalue weighted by Gasteiger charge is 2.44. The monoisotopic (exact) mass is 307 g/mol. The lowest BCUT2D eigenvalue weighted by molar-refractivity contribution is -0.152. The van der Waals surface area contributed by atoms with Crippen molar-refractivity contribution in [1.82, 2.24) is 9.80 Å². The van der Waals surface area contributed by atoms with Gasteiger partial charge >= 0.3 is 6.18 Å². The highest BCUT2D eigenvalue weighted by molar-refractivity contribution is 5.00. The molecule has 1 atom stereocenters. The predicted molar refractivity (Wildman–Crippen MR) is 78.1 cm³/mol. The fourth-order valence-corrected chi connectivity index (χ4v) is 4.17. The fraction of sp³-hybridized carbons (Fsp3) is 1.00. The van der Waals surface area contributed by atoms with Crippen molar-refractivity contribution in [3.63, 3.8) is 0 Å². The van der Waals surface area contributed by atoms with Crippen LogP contribution < -0.4 is 5.73 Å². The van der Waals surface area contributed by atoms with E-state index in [4.69, 9.17) is 5.73 Å². The van der Waals surface area contributed by atoms with Gasteiger partial charge in [-0.15, -0.1) is 0 Å². The van der Waals surface area contributed by atoms with E-state index < -0.39 is 12.7 Å². The molecule has 124 valence electrons. The zero-order valence-electron chi connectivity index (χ0n) is 13.2. The maximum absolute atomic E-state index is 12.5. The van der Waals surface area contributed by atoms with E-state index in [1.165, 1.54) is 11.3 Å². The van der Waals surface area contributed by atoms with Gasteiger partial charge in [0.1, 0.15) is 0 Å². The molecule has 0 spiro atoms. The SMILES string of the molecule is CC1(C)CCCC(CN)(N2CCN(CC(F)(F)F)CC2)C1. The molecular weight excluding hydrogens is 279 g/mol. The molecule has 1 heterocycles. The maximum Gasteiger partial charge on any atom is 0.401 e. The van der Waals surface area contributed by atoms with Crippen LogP contribution in [0.15, 0.2) is 0 Å². The van der Waals surface area contributed by atoms with Crippen molar-refractivity contribution in [3.05, 3.63) is 0 Å². The van der Waals surface area contributed by atoms with Gasteiger partial charge in [-0.05, 0) is 24.7 Å². The third-order valence-corrected chi connectivity index (χ3v) is 5.13. The normalized spacial score (nSPS) is 32.3. The molecule has 0 bridgehead atoms. The largest absolute Gasteiger partial charge is 0.401 e. The van der Waals surface area contributed by atoms with Crippen LogP contribution in [0, 0.1) is 5.41 Å². The Hall–Kier alpha value is -0.330. The molecule has 1 aliphatic carbocycles. The number of halogens is 3. The number of hydrogen-bond donors (Lipinski definition) is 1. The van der Waals surface area contributed by atoms with Gasteiger partial charge in [0, 0.05) is 38.3 Å². The summed E-state index contributed by atoms with van der Waals surface area (Å²) < 4.78 is 37.4. The van der Waals surface area contributed by atoms with E-state index in [9.17, 15) is 13.2 Å². The fourth-order valence-electron chi connectivity index (χ4n) is 4.17. The molecule has 2 N–H and O–H groups in total. The van der Waals surface area contributed by atoms with Crippen LogP contribution in [0.5, 0.6) is 0 Å². The Balaban J connectivity index is 1.96. The van der Waals surface area contributed by atoms with Crippen LogP contribution in [-0.2, 0) is 0 Å². The van der Waals surface area contributed by atoms with Gasteiger partial charge in [-0.2, -0.15) is 13.2 Å². The number of nitrogens with two attached hydrogens (primary N) is 1. The molecule has 2 rings (SSSR count). The average Bonchev–Trinajstić information content (AvgIpc) is 2.36. The molecule has 2 fully saturated rings. The molecule has 0 aromatic rings. The number of hydrogen-bond acceptors (Lipinski definition) is 3. The lowest BCUT2D eigenvalue weighted by Crippen LogP contribution is -2.63. The quantitative estimate of drug-likeness (QED) is 0.869. The first-order valence-electron chi connectivity index (χ1n) is 7.90. The summed E-state index contributed by atoms with van der Waals surface area (Å²) in [6.45, 7) is 6.74. The van der Waals surface area contributed by atoms with E-state index in [0.29, 0.717) is 32.7 Å². The summed E-state index contributed by atoms with van der Waals surface area (Å²) in [6.07, 6.45) is 0.401. The number of nitrogens with zero attached hydrogens (tertiary/aromatic N) is 2. The lowest BCUT2D eigenvalue weighted by atomic mass is 9.67. The second-order valence-corrected chi connectivity index (χ2v) is 7.50. The minimum Gasteiger partial charge on any atom is -0.329 e. The van der Waals surface area contributed by atoms with E-state index in [0.717, 1.165) is 19.3 Å². The summed E-state index contributed by atoms with van der Waals surface area (Å²) in [7, 11) is 0. The Kier molecular flexibility index (Phi) is 4.90. The summed E-state index contributed by atoms with van der Waals surface area (Å²) in [6, 6.07) is 0. The zero-order chi connectivity index (χ0) is 15.7. The molecule has 1 aliphatic heterocycles. The van der Waals surface area contributed by atoms with Crippen molar-refractivity contribution < 1.29 is 13.2 Å². The van der Waals surface area contributed by atoms with Crippen LogP contribution in [0.3, 0.4) is 0 Å². The smallest absolute Gasteiger partial charge is 0.329 e. The van der Waals surface area contributed by atoms with E-state index in [1.807, 2.05) is 0 Å². The number of piperazine rings is 1. The van der Waals surface area contributed by atoms with Crippen LogP contribution >= 0.6 is 0 Å². The second-order valence-electron chi connectivity index (χ2n) is 7.50. The standard InChI is InChI=1S/C15H28F3N3/c1-13(2)4-3-5-14(10-13,11-19)21-8-6-20(7-9-21)12-15(16,17)18/h3-12,19H2,1-2H3. The van der Waals surface area contributed by atoms with Gasteiger partial charge in [0.15, 0.2) is 0 Å². The summed E-state index contributed by atoms with van der Waals surface area (Å²) >= 11 is 0. The summed E-state index contributed by atoms with van der Waals surface area (Å²) in [5.74, 6) is 0. The first-order valence-corrected chi connectivity index (χ1v) is 7.90. The summed E-state index contributed by atoms with van der Waals surface area (Å²) in [5.41, 5.74) is 6.36. The van der Waals surface area contributed by atoms with E-state index in [-0.39, 0.29) is 11.0 Å². The molecule has 2 aliphatic rings. The Morgan fingerprint density at radius 3 is 2.14 bits per heavy atom. The molecule has 0 aromatic carbocycles. The van der Waals surface area contributed by atoms with Gasteiger partial charge in [-0.3, -0.25) is 9.80 Å². The highest BCUT2D eigenvalue weighted by Crippen LogP contribution is 2.43. The Morgan fingerprint density at radius 1 is 1.05 bits per heavy atom. The van der Waals surface area contributed by atoms with Gasteiger partial charge in [0.05, 0.1) is 6.54 Å². The minimum absolute atomic E-state index is 0.00786. The summed E-state index contributed by atoms with van der Waals surface area (Å²) in [4.78, 5) is 3.87. The van der Waals surface area contributed by atoms with E-state index in [2.05, 4.69) is 18.7 Å². The third-order valence-electron chi connectivity index (χ3n) is 5.13. The highest BCUT2D eigenvalue weighted by atomic mass is 19.4. The molecule has 1 saturated carbocycles. The first-order chi connectivity index (χ1) is 9.66. The molecule has 0 aromatic heterocycles. The van der Waals surface area contributed by atoms with Gasteiger partial charge in [0.2, 0.25) is 0 Å². The lowest BCUT2D eigenvalue weighted by Gasteiger charge is -2.53. The van der Waals surface area contributed by atoms with Gasteiger partial charge in [-0.25, -0.2) is 0 Å². The van der Waals surface area contributed by atoms with Gasteiger partial charge in [-0.1, -0.05) is 20.3 Å². The molecule has 0 radical (unpaired) electrons. The Morgan fingerprint density at radius 2 is 1.67 bits per heavy atom. The molecule has 21 heavy (non-hydrogen) atoms. The van der Waals surface area contributed by atoms with Crippen molar-refractivity contribution in [2.75, 3.05) is 39.3 Å². The average molecular weight is 307 g/mol. The molecule has 3 nitrogen and oxygen atoms in total. The molecular formula is C15H28F3N3. The topological polar surface area (TPSA) is 32.5 Å².